The molecule has 1 aliphatic carbocycles. The Kier molecular flexibility index (Phi) is 10.7. The third-order valence-corrected chi connectivity index (χ3v) is 6.72. The molecule has 1 amide bonds. The maximum Gasteiger partial charge on any atom is 1.00 e. The molecule has 2 heterocycles. The van der Waals surface area contributed by atoms with Crippen LogP contribution in [0.4, 0.5) is 30.5 Å². The second-order valence-electron chi connectivity index (χ2n) is 8.77. The number of anilines is 3. The predicted molar refractivity (Wildman–Crippen MR) is 133 cm³/mol. The molecule has 2 atom stereocenters. The van der Waals surface area contributed by atoms with Crippen LogP contribution in [0.2, 0.25) is 0 Å². The zero-order valence-electron chi connectivity index (χ0n) is 23.0. The number of halogens is 3. The Morgan fingerprint density at radius 1 is 1.21 bits per heavy atom. The Bertz CT molecular complexity index is 1530. The molecule has 0 saturated heterocycles. The third-order valence-electron chi connectivity index (χ3n) is 6.00. The number of fused-ring (bicyclic) bond motifs is 1. The number of pyridine rings is 1. The summed E-state index contributed by atoms with van der Waals surface area (Å²) < 4.78 is 73.0. The number of methoxy groups -OCH3 is 2. The van der Waals surface area contributed by atoms with Gasteiger partial charge in [0.1, 0.15) is 17.1 Å². The molecule has 1 unspecified atom stereocenters. The second kappa shape index (κ2) is 13.3. The summed E-state index contributed by atoms with van der Waals surface area (Å²) in [4.78, 5) is 44.6. The fraction of sp³-hybridized carbons (Fsp3) is 0.391. The molecule has 0 spiro atoms. The summed E-state index contributed by atoms with van der Waals surface area (Å²) in [6.45, 7) is 0. The van der Waals surface area contributed by atoms with E-state index in [2.05, 4.69) is 34.8 Å². The van der Waals surface area contributed by atoms with E-state index in [0.29, 0.717) is 7.11 Å². The van der Waals surface area contributed by atoms with Gasteiger partial charge >= 0.3 is 41.7 Å². The Morgan fingerprint density at radius 2 is 1.90 bits per heavy atom. The van der Waals surface area contributed by atoms with E-state index in [0.717, 1.165) is 39.3 Å². The standard InChI is InChI=1S/C23H25F3N5O9P.Na/c1-31-15-8-7-12(19(23(24,25)26)39-40-41(34,35)38-4)18(36-2)17(15)20(30-31)28-14-9-16(29-21(32)11-5-6-11)27-10-13(14)22(33)37-3;/h7-11,19H,5-6H2,1-4H3,(H,34,35)(H2,27,28,29,30,32);/q;+1/p-1/t19-;/m0./s1. The zero-order valence-corrected chi connectivity index (χ0v) is 25.9. The summed E-state index contributed by atoms with van der Waals surface area (Å²) in [5.74, 6) is -1.53. The molecule has 0 bridgehead atoms. The predicted octanol–water partition coefficient (Wildman–Crippen LogP) is 0.526. The number of phosphoric ester groups is 1. The number of carbonyl (C=O) groups excluding carboxylic acids is 2. The van der Waals surface area contributed by atoms with Gasteiger partial charge < -0.3 is 29.5 Å². The molecule has 0 radical (unpaired) electrons. The Balaban J connectivity index is 0.00000484. The van der Waals surface area contributed by atoms with E-state index in [1.54, 1.807) is 0 Å². The summed E-state index contributed by atoms with van der Waals surface area (Å²) in [5.41, 5.74) is -0.372. The average Bonchev–Trinajstić information content (AvgIpc) is 3.72. The minimum atomic E-state index is -5.20. The van der Waals surface area contributed by atoms with E-state index in [1.165, 1.54) is 23.9 Å². The number of benzene rings is 1. The molecule has 222 valence electrons. The number of alkyl halides is 3. The second-order valence-corrected chi connectivity index (χ2v) is 10.2. The van der Waals surface area contributed by atoms with Crippen LogP contribution in [0.25, 0.3) is 10.9 Å². The van der Waals surface area contributed by atoms with Crippen molar-refractivity contribution in [2.24, 2.45) is 13.0 Å². The van der Waals surface area contributed by atoms with Crippen LogP contribution in [-0.2, 0) is 35.2 Å². The first kappa shape index (κ1) is 33.7. The quantitative estimate of drug-likeness (QED) is 0.0996. The van der Waals surface area contributed by atoms with Gasteiger partial charge in [-0.2, -0.15) is 22.9 Å². The third kappa shape index (κ3) is 7.41. The van der Waals surface area contributed by atoms with Gasteiger partial charge in [-0.25, -0.2) is 14.7 Å². The van der Waals surface area contributed by atoms with Gasteiger partial charge in [0.05, 0.1) is 30.8 Å². The van der Waals surface area contributed by atoms with Crippen molar-refractivity contribution in [3.8, 4) is 5.75 Å². The average molecular weight is 625 g/mol. The molecular weight excluding hydrogens is 601 g/mol. The Hall–Kier alpha value is -2.76. The number of carbonyl (C=O) groups is 2. The van der Waals surface area contributed by atoms with Crippen molar-refractivity contribution in [2.75, 3.05) is 32.0 Å². The van der Waals surface area contributed by atoms with Gasteiger partial charge in [-0.05, 0) is 18.9 Å². The van der Waals surface area contributed by atoms with Crippen LogP contribution < -0.4 is 49.8 Å². The van der Waals surface area contributed by atoms with Gasteiger partial charge in [0.2, 0.25) is 12.0 Å². The summed E-state index contributed by atoms with van der Waals surface area (Å²) in [5, 5.41) is 9.85. The number of aryl methyl sites for hydroxylation is 1. The number of nitrogens with zero attached hydrogens (tertiary/aromatic N) is 3. The van der Waals surface area contributed by atoms with Gasteiger partial charge in [-0.15, -0.1) is 0 Å². The summed E-state index contributed by atoms with van der Waals surface area (Å²) in [6.07, 6.45) is -5.45. The Morgan fingerprint density at radius 3 is 2.48 bits per heavy atom. The van der Waals surface area contributed by atoms with Crippen molar-refractivity contribution >= 4 is 47.9 Å². The first-order valence-corrected chi connectivity index (χ1v) is 13.2. The molecule has 2 N–H and O–H groups in total. The van der Waals surface area contributed by atoms with Crippen LogP contribution in [0, 0.1) is 5.92 Å². The van der Waals surface area contributed by atoms with Gasteiger partial charge in [0.15, 0.2) is 5.82 Å². The number of ether oxygens (including phenoxy) is 2. The van der Waals surface area contributed by atoms with Crippen molar-refractivity contribution in [3.63, 3.8) is 0 Å². The van der Waals surface area contributed by atoms with Crippen molar-refractivity contribution in [1.82, 2.24) is 14.8 Å². The normalized spacial score (nSPS) is 15.3. The van der Waals surface area contributed by atoms with E-state index < -0.39 is 37.4 Å². The summed E-state index contributed by atoms with van der Waals surface area (Å²) >= 11 is 0. The smallest absolute Gasteiger partial charge is 0.754 e. The molecule has 19 heteroatoms. The fourth-order valence-corrected chi connectivity index (χ4v) is 4.12. The monoisotopic (exact) mass is 625 g/mol. The van der Waals surface area contributed by atoms with Crippen LogP contribution in [-0.4, -0.2) is 54.1 Å². The van der Waals surface area contributed by atoms with Crippen molar-refractivity contribution in [1.29, 1.82) is 0 Å². The first-order chi connectivity index (χ1) is 19.3. The topological polar surface area (TPSA) is 175 Å². The van der Waals surface area contributed by atoms with Crippen molar-refractivity contribution < 1.29 is 85.3 Å². The number of aromatic nitrogens is 3. The number of rotatable bonds is 11. The van der Waals surface area contributed by atoms with Crippen LogP contribution >= 0.6 is 7.82 Å². The van der Waals surface area contributed by atoms with Gasteiger partial charge in [0, 0.05) is 37.9 Å². The number of amides is 1. The van der Waals surface area contributed by atoms with Crippen LogP contribution in [0.1, 0.15) is 34.9 Å². The number of phosphoric acid groups is 1. The molecule has 2 aromatic heterocycles. The molecule has 1 aromatic carbocycles. The molecule has 4 rings (SSSR count). The molecule has 1 aliphatic rings. The molecule has 0 aliphatic heterocycles. The van der Waals surface area contributed by atoms with Crippen molar-refractivity contribution in [3.05, 3.63) is 35.5 Å². The fourth-order valence-electron chi connectivity index (χ4n) is 3.86. The molecule has 1 fully saturated rings. The summed E-state index contributed by atoms with van der Waals surface area (Å²) in [6, 6.07) is 3.62. The van der Waals surface area contributed by atoms with Gasteiger partial charge in [-0.3, -0.25) is 14.0 Å². The summed E-state index contributed by atoms with van der Waals surface area (Å²) in [7, 11) is -0.769. The number of nitrogens with one attached hydrogen (secondary N) is 2. The minimum Gasteiger partial charge on any atom is -0.754 e. The number of hydrogen-bond donors (Lipinski definition) is 2. The largest absolute Gasteiger partial charge is 1.00 e. The molecule has 42 heavy (non-hydrogen) atoms. The zero-order chi connectivity index (χ0) is 30.1. The first-order valence-electron chi connectivity index (χ1n) is 11.8. The SMILES string of the molecule is COC(=O)c1cnc(NC(=O)C2CC2)cc1Nc1nn(C)c2ccc([C@H](OOP(=O)([O-])OC)C(F)(F)F)c(OC)c12.[Na+]. The van der Waals surface area contributed by atoms with Crippen LogP contribution in [0.5, 0.6) is 5.75 Å². The molecular formula is C23H24F3N5NaO9P. The van der Waals surface area contributed by atoms with Crippen LogP contribution in [0.3, 0.4) is 0 Å². The molecule has 14 nitrogen and oxygen atoms in total. The minimum absolute atomic E-state index is 0. The van der Waals surface area contributed by atoms with Gasteiger partial charge in [0.25, 0.3) is 7.82 Å². The molecule has 3 aromatic rings. The van der Waals surface area contributed by atoms with E-state index >= 15 is 0 Å². The van der Waals surface area contributed by atoms with Crippen LogP contribution in [0.15, 0.2) is 24.4 Å². The van der Waals surface area contributed by atoms with E-state index in [4.69, 9.17) is 9.47 Å². The van der Waals surface area contributed by atoms with E-state index in [-0.39, 0.29) is 75.2 Å². The molecule has 1 saturated carbocycles. The van der Waals surface area contributed by atoms with E-state index in [1.807, 2.05) is 0 Å². The van der Waals surface area contributed by atoms with Crippen molar-refractivity contribution in [2.45, 2.75) is 25.1 Å². The maximum atomic E-state index is 14.0. The van der Waals surface area contributed by atoms with E-state index in [9.17, 15) is 32.2 Å². The Labute approximate surface area is 258 Å². The van der Waals surface area contributed by atoms with Gasteiger partial charge in [-0.1, -0.05) is 6.07 Å². The number of esters is 1. The number of hydrogen-bond acceptors (Lipinski definition) is 12. The maximum absolute atomic E-state index is 14.0.